The molecule has 0 fully saturated rings. The third-order valence-corrected chi connectivity index (χ3v) is 3.59. The van der Waals surface area contributed by atoms with E-state index < -0.39 is 0 Å². The first kappa shape index (κ1) is 13.6. The lowest BCUT2D eigenvalue weighted by Gasteiger charge is -2.19. The molecule has 108 valence electrons. The summed E-state index contributed by atoms with van der Waals surface area (Å²) in [5.41, 5.74) is 10.7. The Balaban J connectivity index is 1.88. The fourth-order valence-electron chi connectivity index (χ4n) is 2.04. The molecule has 0 spiro atoms. The molecule has 1 aliphatic heterocycles. The van der Waals surface area contributed by atoms with Crippen molar-refractivity contribution in [1.82, 2.24) is 20.2 Å². The van der Waals surface area contributed by atoms with Crippen LogP contribution in [-0.2, 0) is 0 Å². The van der Waals surface area contributed by atoms with Gasteiger partial charge in [-0.3, -0.25) is 0 Å². The molecule has 0 saturated heterocycles. The number of benzene rings is 1. The van der Waals surface area contributed by atoms with Crippen LogP contribution in [0.3, 0.4) is 0 Å². The van der Waals surface area contributed by atoms with Gasteiger partial charge < -0.3 is 5.73 Å². The molecule has 1 aromatic carbocycles. The number of hydrogen-bond acceptors (Lipinski definition) is 7. The largest absolute Gasteiger partial charge is 0.368 e. The van der Waals surface area contributed by atoms with E-state index in [-0.39, 0.29) is 12.0 Å². The summed E-state index contributed by atoms with van der Waals surface area (Å²) in [4.78, 5) is 8.69. The lowest BCUT2D eigenvalue weighted by Crippen LogP contribution is -2.37. The number of thioether (sulfide) groups is 1. The molecule has 0 radical (unpaired) electrons. The maximum Gasteiger partial charge on any atom is 0.244 e. The van der Waals surface area contributed by atoms with Crippen molar-refractivity contribution in [2.75, 3.05) is 12.0 Å². The first-order chi connectivity index (χ1) is 10.2. The Labute approximate surface area is 126 Å². The number of nitrogens with one attached hydrogen (secondary N) is 1. The number of anilines is 1. The van der Waals surface area contributed by atoms with Crippen LogP contribution in [0, 0.1) is 0 Å². The van der Waals surface area contributed by atoms with Gasteiger partial charge in [0.05, 0.1) is 11.8 Å². The normalized spacial score (nSPS) is 17.9. The molecule has 1 aliphatic rings. The summed E-state index contributed by atoms with van der Waals surface area (Å²) in [6, 6.07) is 9.85. The summed E-state index contributed by atoms with van der Waals surface area (Å²) in [5, 5.41) is 9.26. The number of nitrogens with zero attached hydrogens (tertiary/aromatic N) is 5. The fraction of sp³-hybridized carbons (Fsp3) is 0.231. The van der Waals surface area contributed by atoms with Crippen molar-refractivity contribution in [2.24, 2.45) is 10.1 Å². The van der Waals surface area contributed by atoms with E-state index in [1.54, 1.807) is 0 Å². The number of rotatable bonds is 2. The second-order valence-electron chi connectivity index (χ2n) is 4.47. The predicted molar refractivity (Wildman–Crippen MR) is 84.6 cm³/mol. The fourth-order valence-corrected chi connectivity index (χ4v) is 2.39. The van der Waals surface area contributed by atoms with Crippen LogP contribution in [0.15, 0.2) is 45.6 Å². The maximum atomic E-state index is 5.85. The number of nitrogen functional groups attached to an aromatic ring is 1. The van der Waals surface area contributed by atoms with Gasteiger partial charge in [0.25, 0.3) is 0 Å². The second-order valence-corrected chi connectivity index (χ2v) is 5.25. The summed E-state index contributed by atoms with van der Waals surface area (Å²) in [6.07, 6.45) is 1.89. The molecule has 0 aliphatic carbocycles. The first-order valence-corrected chi connectivity index (χ1v) is 7.65. The monoisotopic (exact) mass is 301 g/mol. The number of aliphatic imine (C=N–C) groups is 1. The predicted octanol–water partition coefficient (Wildman–Crippen LogP) is 1.18. The second kappa shape index (κ2) is 5.57. The zero-order valence-electron chi connectivity index (χ0n) is 11.7. The van der Waals surface area contributed by atoms with Gasteiger partial charge in [0.15, 0.2) is 0 Å². The van der Waals surface area contributed by atoms with Crippen LogP contribution >= 0.6 is 11.8 Å². The molecule has 21 heavy (non-hydrogen) atoms. The van der Waals surface area contributed by atoms with Gasteiger partial charge in [-0.2, -0.15) is 14.8 Å². The van der Waals surface area contributed by atoms with Crippen LogP contribution in [0.4, 0.5) is 5.95 Å². The highest BCUT2D eigenvalue weighted by molar-refractivity contribution is 7.98. The van der Waals surface area contributed by atoms with Gasteiger partial charge in [-0.1, -0.05) is 42.1 Å². The lowest BCUT2D eigenvalue weighted by atomic mass is 10.0. The van der Waals surface area contributed by atoms with E-state index in [0.717, 1.165) is 11.3 Å². The van der Waals surface area contributed by atoms with E-state index in [9.17, 15) is 0 Å². The minimum absolute atomic E-state index is 0.0926. The molecule has 0 amide bonds. The molecule has 3 rings (SSSR count). The highest BCUT2D eigenvalue weighted by atomic mass is 32.2. The molecule has 2 aromatic rings. The molecule has 1 aromatic heterocycles. The van der Waals surface area contributed by atoms with Gasteiger partial charge >= 0.3 is 0 Å². The summed E-state index contributed by atoms with van der Waals surface area (Å²) in [5.74, 6) is 0.767. The van der Waals surface area contributed by atoms with E-state index in [1.165, 1.54) is 16.4 Å². The van der Waals surface area contributed by atoms with E-state index >= 15 is 0 Å². The summed E-state index contributed by atoms with van der Waals surface area (Å²) in [7, 11) is 0. The average Bonchev–Trinajstić information content (AvgIpc) is 2.89. The quantitative estimate of drug-likeness (QED) is 0.812. The Morgan fingerprint density at radius 2 is 2.05 bits per heavy atom. The van der Waals surface area contributed by atoms with Crippen LogP contribution in [0.5, 0.6) is 0 Å². The number of hydrazone groups is 1. The highest BCUT2D eigenvalue weighted by Gasteiger charge is 2.21. The van der Waals surface area contributed by atoms with Crippen LogP contribution in [0.25, 0.3) is 0 Å². The average molecular weight is 301 g/mol. The maximum absolute atomic E-state index is 5.85. The van der Waals surface area contributed by atoms with Gasteiger partial charge in [-0.25, -0.2) is 10.4 Å². The highest BCUT2D eigenvalue weighted by Crippen LogP contribution is 2.14. The minimum Gasteiger partial charge on any atom is -0.368 e. The first-order valence-electron chi connectivity index (χ1n) is 6.42. The molecule has 1 atom stereocenters. The number of hydrogen-bond donors (Lipinski definition) is 2. The number of aromatic nitrogens is 3. The molecule has 8 heteroatoms. The van der Waals surface area contributed by atoms with Crippen molar-refractivity contribution < 1.29 is 0 Å². The third-order valence-electron chi connectivity index (χ3n) is 3.05. The Bertz CT molecular complexity index is 705. The van der Waals surface area contributed by atoms with Crippen LogP contribution in [-0.4, -0.2) is 38.7 Å². The molecule has 2 heterocycles. The Morgan fingerprint density at radius 1 is 1.29 bits per heavy atom. The van der Waals surface area contributed by atoms with Crippen LogP contribution < -0.4 is 11.2 Å². The SMILES string of the molecule is CSc1nc(N)n(C2=NC(C)C(c3ccccc3)=NN2)n1. The van der Waals surface area contributed by atoms with Crippen molar-refractivity contribution in [3.63, 3.8) is 0 Å². The molecule has 0 saturated carbocycles. The van der Waals surface area contributed by atoms with E-state index in [0.29, 0.717) is 11.1 Å². The Kier molecular flexibility index (Phi) is 3.61. The molecular weight excluding hydrogens is 286 g/mol. The Morgan fingerprint density at radius 3 is 2.67 bits per heavy atom. The molecule has 1 unspecified atom stereocenters. The number of nitrogens with two attached hydrogens (primary N) is 1. The van der Waals surface area contributed by atoms with Crippen molar-refractivity contribution in [3.05, 3.63) is 35.9 Å². The minimum atomic E-state index is -0.0926. The molecule has 0 bridgehead atoms. The van der Waals surface area contributed by atoms with E-state index in [2.05, 4.69) is 25.6 Å². The van der Waals surface area contributed by atoms with Gasteiger partial charge in [-0.15, -0.1) is 5.10 Å². The van der Waals surface area contributed by atoms with Crippen molar-refractivity contribution in [2.45, 2.75) is 18.1 Å². The van der Waals surface area contributed by atoms with Crippen molar-refractivity contribution in [3.8, 4) is 0 Å². The van der Waals surface area contributed by atoms with Gasteiger partial charge in [-0.05, 0) is 18.7 Å². The zero-order chi connectivity index (χ0) is 14.8. The smallest absolute Gasteiger partial charge is 0.244 e. The van der Waals surface area contributed by atoms with Crippen LogP contribution in [0.1, 0.15) is 12.5 Å². The summed E-state index contributed by atoms with van der Waals surface area (Å²) < 4.78 is 1.47. The summed E-state index contributed by atoms with van der Waals surface area (Å²) in [6.45, 7) is 1.98. The van der Waals surface area contributed by atoms with Gasteiger partial charge in [0.1, 0.15) is 0 Å². The third kappa shape index (κ3) is 2.62. The summed E-state index contributed by atoms with van der Waals surface area (Å²) >= 11 is 1.42. The van der Waals surface area contributed by atoms with Gasteiger partial charge in [0.2, 0.25) is 17.1 Å². The lowest BCUT2D eigenvalue weighted by molar-refractivity contribution is 0.775. The standard InChI is InChI=1S/C13H15N7S/c1-8-10(9-6-4-3-5-7-9)17-18-12(15-8)20-11(14)16-13(19-20)21-2/h3-8H,1-2H3,(H,15,18)(H2,14,16,19). The topological polar surface area (TPSA) is 93.5 Å². The van der Waals surface area contributed by atoms with Crippen LogP contribution in [0.2, 0.25) is 0 Å². The molecule has 7 nitrogen and oxygen atoms in total. The molecular formula is C13H15N7S. The van der Waals surface area contributed by atoms with Gasteiger partial charge in [0, 0.05) is 0 Å². The van der Waals surface area contributed by atoms with Crippen molar-refractivity contribution >= 4 is 29.4 Å². The van der Waals surface area contributed by atoms with Crippen molar-refractivity contribution in [1.29, 1.82) is 0 Å². The van der Waals surface area contributed by atoms with E-state index in [1.807, 2.05) is 43.5 Å². The molecule has 3 N–H and O–H groups in total. The van der Waals surface area contributed by atoms with E-state index in [4.69, 9.17) is 5.73 Å². The Hall–Kier alpha value is -2.35. The zero-order valence-corrected chi connectivity index (χ0v) is 12.5.